The molecule has 0 aliphatic carbocycles. The molecule has 0 bridgehead atoms. The number of imidazole rings is 1. The van der Waals surface area contributed by atoms with Gasteiger partial charge in [0.25, 0.3) is 0 Å². The predicted octanol–water partition coefficient (Wildman–Crippen LogP) is 1.04. The molecule has 1 N–H and O–H groups in total. The average molecular weight is 292 g/mol. The number of rotatable bonds is 6. The Morgan fingerprint density at radius 2 is 2.10 bits per heavy atom. The Balaban J connectivity index is 1.62. The molecule has 0 aromatic carbocycles. The van der Waals surface area contributed by atoms with Gasteiger partial charge < -0.3 is 14.8 Å². The summed E-state index contributed by atoms with van der Waals surface area (Å²) in [7, 11) is 0. The van der Waals surface area contributed by atoms with Gasteiger partial charge in [-0.2, -0.15) is 0 Å². The Kier molecular flexibility index (Phi) is 5.78. The molecule has 0 radical (unpaired) electrons. The minimum Gasteiger partial charge on any atom is -0.356 e. The first-order chi connectivity index (χ1) is 10.1. The quantitative estimate of drug-likeness (QED) is 0.852. The standard InChI is InChI=1S/C15H24N4O2/c1-13(20)17-11-14-4-8-19(9-5-14)15(21)3-2-7-18-10-6-16-12-18/h6,10,12,14H,2-5,7-9,11H2,1H3,(H,17,20). The Labute approximate surface area is 125 Å². The van der Waals surface area contributed by atoms with Crippen molar-refractivity contribution < 1.29 is 9.59 Å². The highest BCUT2D eigenvalue weighted by molar-refractivity contribution is 5.76. The van der Waals surface area contributed by atoms with E-state index in [9.17, 15) is 9.59 Å². The van der Waals surface area contributed by atoms with Crippen molar-refractivity contribution in [1.82, 2.24) is 19.8 Å². The van der Waals surface area contributed by atoms with E-state index in [-0.39, 0.29) is 11.8 Å². The number of amides is 2. The topological polar surface area (TPSA) is 67.2 Å². The number of hydrogen-bond donors (Lipinski definition) is 1. The Bertz CT molecular complexity index is 450. The second-order valence-corrected chi connectivity index (χ2v) is 5.67. The van der Waals surface area contributed by atoms with Crippen molar-refractivity contribution in [2.24, 2.45) is 5.92 Å². The number of likely N-dealkylation sites (tertiary alicyclic amines) is 1. The Morgan fingerprint density at radius 1 is 1.33 bits per heavy atom. The van der Waals surface area contributed by atoms with Crippen molar-refractivity contribution in [3.63, 3.8) is 0 Å². The van der Waals surface area contributed by atoms with Gasteiger partial charge in [0.2, 0.25) is 11.8 Å². The molecule has 2 rings (SSSR count). The molecule has 1 aromatic rings. The van der Waals surface area contributed by atoms with Gasteiger partial charge in [0.15, 0.2) is 0 Å². The molecule has 0 unspecified atom stereocenters. The van der Waals surface area contributed by atoms with E-state index in [0.29, 0.717) is 12.3 Å². The van der Waals surface area contributed by atoms with Crippen LogP contribution < -0.4 is 5.32 Å². The van der Waals surface area contributed by atoms with Gasteiger partial charge in [-0.1, -0.05) is 0 Å². The van der Waals surface area contributed by atoms with Crippen LogP contribution in [0.5, 0.6) is 0 Å². The van der Waals surface area contributed by atoms with Gasteiger partial charge in [0, 0.05) is 51.9 Å². The summed E-state index contributed by atoms with van der Waals surface area (Å²) in [6, 6.07) is 0. The number of aryl methyl sites for hydroxylation is 1. The van der Waals surface area contributed by atoms with Crippen molar-refractivity contribution in [2.45, 2.75) is 39.2 Å². The number of hydrogen-bond acceptors (Lipinski definition) is 3. The van der Waals surface area contributed by atoms with E-state index in [1.54, 1.807) is 19.4 Å². The molecule has 6 heteroatoms. The lowest BCUT2D eigenvalue weighted by atomic mass is 9.96. The second kappa shape index (κ2) is 7.81. The van der Waals surface area contributed by atoms with E-state index in [2.05, 4.69) is 10.3 Å². The van der Waals surface area contributed by atoms with Crippen LogP contribution in [0, 0.1) is 5.92 Å². The Morgan fingerprint density at radius 3 is 2.71 bits per heavy atom. The molecule has 1 aliphatic rings. The van der Waals surface area contributed by atoms with Crippen LogP contribution in [-0.2, 0) is 16.1 Å². The molecule has 0 spiro atoms. The summed E-state index contributed by atoms with van der Waals surface area (Å²) < 4.78 is 1.99. The van der Waals surface area contributed by atoms with Crippen LogP contribution in [0.1, 0.15) is 32.6 Å². The number of carbonyl (C=O) groups is 2. The molecule has 1 aliphatic heterocycles. The summed E-state index contributed by atoms with van der Waals surface area (Å²) in [6.07, 6.45) is 8.84. The van der Waals surface area contributed by atoms with E-state index < -0.39 is 0 Å². The fraction of sp³-hybridized carbons (Fsp3) is 0.667. The summed E-state index contributed by atoms with van der Waals surface area (Å²) >= 11 is 0. The molecule has 1 saturated heterocycles. The van der Waals surface area contributed by atoms with Crippen molar-refractivity contribution >= 4 is 11.8 Å². The van der Waals surface area contributed by atoms with Crippen molar-refractivity contribution in [1.29, 1.82) is 0 Å². The molecule has 0 saturated carbocycles. The smallest absolute Gasteiger partial charge is 0.222 e. The van der Waals surface area contributed by atoms with Crippen LogP contribution in [0.4, 0.5) is 0 Å². The van der Waals surface area contributed by atoms with Gasteiger partial charge in [-0.15, -0.1) is 0 Å². The second-order valence-electron chi connectivity index (χ2n) is 5.67. The number of nitrogens with zero attached hydrogens (tertiary/aromatic N) is 3. The molecule has 1 fully saturated rings. The molecule has 2 amide bonds. The maximum atomic E-state index is 12.1. The first-order valence-electron chi connectivity index (χ1n) is 7.63. The molecular formula is C15H24N4O2. The monoisotopic (exact) mass is 292 g/mol. The van der Waals surface area contributed by atoms with E-state index in [0.717, 1.165) is 45.4 Å². The third kappa shape index (κ3) is 5.21. The summed E-state index contributed by atoms with van der Waals surface area (Å²) in [6.45, 7) is 4.74. The van der Waals surface area contributed by atoms with E-state index in [1.807, 2.05) is 15.7 Å². The number of piperidine rings is 1. The van der Waals surface area contributed by atoms with E-state index >= 15 is 0 Å². The lowest BCUT2D eigenvalue weighted by molar-refractivity contribution is -0.133. The van der Waals surface area contributed by atoms with Gasteiger partial charge in [-0.05, 0) is 25.2 Å². The molecule has 2 heterocycles. The third-order valence-electron chi connectivity index (χ3n) is 3.97. The zero-order valence-electron chi connectivity index (χ0n) is 12.6. The number of aromatic nitrogens is 2. The fourth-order valence-corrected chi connectivity index (χ4v) is 2.66. The van der Waals surface area contributed by atoms with Crippen LogP contribution in [0.2, 0.25) is 0 Å². The van der Waals surface area contributed by atoms with E-state index in [4.69, 9.17) is 0 Å². The fourth-order valence-electron chi connectivity index (χ4n) is 2.66. The van der Waals surface area contributed by atoms with Gasteiger partial charge in [0.05, 0.1) is 6.33 Å². The lowest BCUT2D eigenvalue weighted by Crippen LogP contribution is -2.41. The highest BCUT2D eigenvalue weighted by atomic mass is 16.2. The van der Waals surface area contributed by atoms with Crippen LogP contribution in [0.3, 0.4) is 0 Å². The van der Waals surface area contributed by atoms with Gasteiger partial charge in [0.1, 0.15) is 0 Å². The summed E-state index contributed by atoms with van der Waals surface area (Å²) in [4.78, 5) is 29.0. The predicted molar refractivity (Wildman–Crippen MR) is 79.4 cm³/mol. The SMILES string of the molecule is CC(=O)NCC1CCN(C(=O)CCCn2ccnc2)CC1. The van der Waals surface area contributed by atoms with Gasteiger partial charge in [-0.25, -0.2) is 4.98 Å². The summed E-state index contributed by atoms with van der Waals surface area (Å²) in [5.74, 6) is 0.769. The van der Waals surface area contributed by atoms with Crippen molar-refractivity contribution in [2.75, 3.05) is 19.6 Å². The summed E-state index contributed by atoms with van der Waals surface area (Å²) in [5.41, 5.74) is 0. The van der Waals surface area contributed by atoms with E-state index in [1.165, 1.54) is 0 Å². The molecule has 1 aromatic heterocycles. The molecule has 0 atom stereocenters. The van der Waals surface area contributed by atoms with Gasteiger partial charge in [-0.3, -0.25) is 9.59 Å². The maximum Gasteiger partial charge on any atom is 0.222 e. The Hall–Kier alpha value is -1.85. The average Bonchev–Trinajstić information content (AvgIpc) is 2.99. The van der Waals surface area contributed by atoms with Crippen LogP contribution >= 0.6 is 0 Å². The van der Waals surface area contributed by atoms with Crippen molar-refractivity contribution in [3.05, 3.63) is 18.7 Å². The zero-order chi connectivity index (χ0) is 15.1. The molecule has 116 valence electrons. The minimum atomic E-state index is 0.0213. The minimum absolute atomic E-state index is 0.0213. The third-order valence-corrected chi connectivity index (χ3v) is 3.97. The zero-order valence-corrected chi connectivity index (χ0v) is 12.6. The highest BCUT2D eigenvalue weighted by Crippen LogP contribution is 2.17. The first kappa shape index (κ1) is 15.5. The van der Waals surface area contributed by atoms with Crippen LogP contribution in [-0.4, -0.2) is 45.9 Å². The van der Waals surface area contributed by atoms with Crippen molar-refractivity contribution in [3.8, 4) is 0 Å². The number of carbonyl (C=O) groups excluding carboxylic acids is 2. The largest absolute Gasteiger partial charge is 0.356 e. The highest BCUT2D eigenvalue weighted by Gasteiger charge is 2.22. The number of nitrogens with one attached hydrogen (secondary N) is 1. The normalized spacial score (nSPS) is 16.0. The lowest BCUT2D eigenvalue weighted by Gasteiger charge is -2.32. The molecule has 21 heavy (non-hydrogen) atoms. The molecule has 6 nitrogen and oxygen atoms in total. The van der Waals surface area contributed by atoms with Crippen LogP contribution in [0.15, 0.2) is 18.7 Å². The first-order valence-corrected chi connectivity index (χ1v) is 7.63. The molecular weight excluding hydrogens is 268 g/mol. The summed E-state index contributed by atoms with van der Waals surface area (Å²) in [5, 5.41) is 2.86. The van der Waals surface area contributed by atoms with Gasteiger partial charge >= 0.3 is 0 Å². The van der Waals surface area contributed by atoms with Crippen LogP contribution in [0.25, 0.3) is 0 Å². The maximum absolute atomic E-state index is 12.1.